The summed E-state index contributed by atoms with van der Waals surface area (Å²) in [4.78, 5) is 15.8. The first-order chi connectivity index (χ1) is 10.7. The summed E-state index contributed by atoms with van der Waals surface area (Å²) in [5.41, 5.74) is 4.28. The van der Waals surface area contributed by atoms with Crippen LogP contribution in [0.15, 0.2) is 43.0 Å². The fraction of sp³-hybridized carbons (Fsp3) is 0.294. The lowest BCUT2D eigenvalue weighted by Gasteiger charge is -2.35. The smallest absolute Gasteiger partial charge is 0.246 e. The highest BCUT2D eigenvalue weighted by molar-refractivity contribution is 5.87. The van der Waals surface area contributed by atoms with Crippen molar-refractivity contribution in [1.29, 1.82) is 0 Å². The second-order valence-corrected chi connectivity index (χ2v) is 5.50. The maximum Gasteiger partial charge on any atom is 0.246 e. The van der Waals surface area contributed by atoms with Crippen molar-refractivity contribution in [3.8, 4) is 11.3 Å². The van der Waals surface area contributed by atoms with E-state index in [2.05, 4.69) is 45.9 Å². The van der Waals surface area contributed by atoms with Crippen LogP contribution in [0, 0.1) is 6.92 Å². The van der Waals surface area contributed by atoms with Crippen molar-refractivity contribution in [1.82, 2.24) is 15.1 Å². The van der Waals surface area contributed by atoms with E-state index in [9.17, 15) is 4.79 Å². The van der Waals surface area contributed by atoms with E-state index in [0.717, 1.165) is 43.1 Å². The van der Waals surface area contributed by atoms with Gasteiger partial charge in [-0.15, -0.1) is 0 Å². The molecular formula is C17H20N4O. The van der Waals surface area contributed by atoms with Crippen LogP contribution in [0.25, 0.3) is 11.3 Å². The number of piperazine rings is 1. The summed E-state index contributed by atoms with van der Waals surface area (Å²) in [7, 11) is 0. The first-order valence-corrected chi connectivity index (χ1v) is 7.46. The molecule has 1 aliphatic heterocycles. The molecule has 22 heavy (non-hydrogen) atoms. The maximum absolute atomic E-state index is 11.6. The number of H-pyrrole nitrogens is 1. The van der Waals surface area contributed by atoms with Gasteiger partial charge in [0.2, 0.25) is 5.91 Å². The van der Waals surface area contributed by atoms with Crippen LogP contribution in [-0.2, 0) is 4.79 Å². The summed E-state index contributed by atoms with van der Waals surface area (Å²) in [5, 5.41) is 7.28. The Balaban J connectivity index is 1.74. The van der Waals surface area contributed by atoms with Crippen LogP contribution >= 0.6 is 0 Å². The third-order valence-electron chi connectivity index (χ3n) is 3.98. The number of hydrogen-bond acceptors (Lipinski definition) is 3. The van der Waals surface area contributed by atoms with Crippen LogP contribution in [0.3, 0.4) is 0 Å². The Bertz CT molecular complexity index is 683. The minimum Gasteiger partial charge on any atom is -0.368 e. The lowest BCUT2D eigenvalue weighted by Crippen LogP contribution is -2.48. The molecule has 5 heteroatoms. The quantitative estimate of drug-likeness (QED) is 0.884. The maximum atomic E-state index is 11.6. The van der Waals surface area contributed by atoms with Crippen LogP contribution in [0.4, 0.5) is 5.69 Å². The Morgan fingerprint density at radius 3 is 2.68 bits per heavy atom. The third-order valence-corrected chi connectivity index (χ3v) is 3.98. The van der Waals surface area contributed by atoms with E-state index in [1.54, 1.807) is 0 Å². The Morgan fingerprint density at radius 2 is 2.05 bits per heavy atom. The number of carbonyl (C=O) groups is 1. The molecule has 1 amide bonds. The van der Waals surface area contributed by atoms with Crippen molar-refractivity contribution >= 4 is 11.6 Å². The van der Waals surface area contributed by atoms with Crippen molar-refractivity contribution in [2.24, 2.45) is 0 Å². The number of rotatable bonds is 3. The van der Waals surface area contributed by atoms with Gasteiger partial charge in [-0.05, 0) is 31.2 Å². The average molecular weight is 296 g/mol. The zero-order valence-electron chi connectivity index (χ0n) is 12.7. The Labute approximate surface area is 130 Å². The molecule has 2 heterocycles. The molecule has 1 aliphatic rings. The number of amides is 1. The molecule has 1 N–H and O–H groups in total. The molecule has 1 fully saturated rings. The number of benzene rings is 1. The number of nitrogens with one attached hydrogen (secondary N) is 1. The van der Waals surface area contributed by atoms with E-state index in [4.69, 9.17) is 0 Å². The molecule has 5 nitrogen and oxygen atoms in total. The predicted molar refractivity (Wildman–Crippen MR) is 87.8 cm³/mol. The number of hydrogen-bond donors (Lipinski definition) is 1. The summed E-state index contributed by atoms with van der Waals surface area (Å²) in [6.07, 6.45) is 1.39. The fourth-order valence-electron chi connectivity index (χ4n) is 2.74. The van der Waals surface area contributed by atoms with Crippen LogP contribution in [0.2, 0.25) is 0 Å². The van der Waals surface area contributed by atoms with Crippen molar-refractivity contribution in [2.45, 2.75) is 6.92 Å². The second-order valence-electron chi connectivity index (χ2n) is 5.50. The summed E-state index contributed by atoms with van der Waals surface area (Å²) in [6, 6.07) is 10.4. The van der Waals surface area contributed by atoms with Crippen LogP contribution in [0.1, 0.15) is 5.69 Å². The molecule has 1 saturated heterocycles. The standard InChI is InChI=1S/C17H20N4O/c1-3-17(22)21-9-7-20(8-10-21)15-6-4-5-14(12-15)16-11-13(2)18-19-16/h3-6,11-12H,1,7-10H2,2H3,(H,18,19). The first-order valence-electron chi connectivity index (χ1n) is 7.46. The minimum atomic E-state index is 0.0143. The van der Waals surface area contributed by atoms with E-state index in [0.29, 0.717) is 0 Å². The second kappa shape index (κ2) is 6.05. The van der Waals surface area contributed by atoms with E-state index >= 15 is 0 Å². The molecule has 2 aromatic rings. The highest BCUT2D eigenvalue weighted by atomic mass is 16.2. The first kappa shape index (κ1) is 14.4. The van der Waals surface area contributed by atoms with Crippen LogP contribution in [-0.4, -0.2) is 47.2 Å². The number of aryl methyl sites for hydroxylation is 1. The van der Waals surface area contributed by atoms with E-state index in [-0.39, 0.29) is 5.91 Å². The van der Waals surface area contributed by atoms with Gasteiger partial charge in [-0.2, -0.15) is 5.10 Å². The van der Waals surface area contributed by atoms with Gasteiger partial charge in [-0.1, -0.05) is 18.7 Å². The molecule has 0 atom stereocenters. The number of aromatic nitrogens is 2. The lowest BCUT2D eigenvalue weighted by molar-refractivity contribution is -0.126. The number of carbonyl (C=O) groups excluding carboxylic acids is 1. The van der Waals surface area contributed by atoms with E-state index in [1.807, 2.05) is 17.9 Å². The van der Waals surface area contributed by atoms with Crippen molar-refractivity contribution < 1.29 is 4.79 Å². The van der Waals surface area contributed by atoms with Crippen LogP contribution < -0.4 is 4.90 Å². The molecular weight excluding hydrogens is 276 g/mol. The van der Waals surface area contributed by atoms with Gasteiger partial charge in [0.05, 0.1) is 5.69 Å². The highest BCUT2D eigenvalue weighted by Crippen LogP contribution is 2.24. The molecule has 0 bridgehead atoms. The number of nitrogens with zero attached hydrogens (tertiary/aromatic N) is 3. The average Bonchev–Trinajstić information content (AvgIpc) is 3.01. The van der Waals surface area contributed by atoms with Gasteiger partial charge < -0.3 is 9.80 Å². The molecule has 0 radical (unpaired) electrons. The summed E-state index contributed by atoms with van der Waals surface area (Å²) < 4.78 is 0. The molecule has 0 spiro atoms. The van der Waals surface area contributed by atoms with Crippen molar-refractivity contribution in [3.63, 3.8) is 0 Å². The highest BCUT2D eigenvalue weighted by Gasteiger charge is 2.19. The SMILES string of the molecule is C=CC(=O)N1CCN(c2cccc(-c3cc(C)[nH]n3)c2)CC1. The molecule has 3 rings (SSSR count). The van der Waals surface area contributed by atoms with Gasteiger partial charge in [0, 0.05) is 43.1 Å². The molecule has 0 unspecified atom stereocenters. The molecule has 0 aliphatic carbocycles. The van der Waals surface area contributed by atoms with Crippen molar-refractivity contribution in [2.75, 3.05) is 31.1 Å². The Hall–Kier alpha value is -2.56. The molecule has 0 saturated carbocycles. The van der Waals surface area contributed by atoms with Gasteiger partial charge in [0.15, 0.2) is 0 Å². The summed E-state index contributed by atoms with van der Waals surface area (Å²) in [6.45, 7) is 8.68. The summed E-state index contributed by atoms with van der Waals surface area (Å²) in [5.74, 6) is 0.0143. The minimum absolute atomic E-state index is 0.0143. The van der Waals surface area contributed by atoms with Gasteiger partial charge in [0.1, 0.15) is 0 Å². The lowest BCUT2D eigenvalue weighted by atomic mass is 10.1. The molecule has 1 aromatic heterocycles. The van der Waals surface area contributed by atoms with Gasteiger partial charge in [-0.3, -0.25) is 9.89 Å². The zero-order valence-corrected chi connectivity index (χ0v) is 12.7. The largest absolute Gasteiger partial charge is 0.368 e. The monoisotopic (exact) mass is 296 g/mol. The van der Waals surface area contributed by atoms with Gasteiger partial charge in [-0.25, -0.2) is 0 Å². The van der Waals surface area contributed by atoms with Gasteiger partial charge >= 0.3 is 0 Å². The molecule has 1 aromatic carbocycles. The normalized spacial score (nSPS) is 15.0. The third kappa shape index (κ3) is 2.88. The Morgan fingerprint density at radius 1 is 1.27 bits per heavy atom. The topological polar surface area (TPSA) is 52.2 Å². The Kier molecular flexibility index (Phi) is 3.96. The summed E-state index contributed by atoms with van der Waals surface area (Å²) >= 11 is 0. The predicted octanol–water partition coefficient (Wildman–Crippen LogP) is 2.22. The van der Waals surface area contributed by atoms with E-state index in [1.165, 1.54) is 11.8 Å². The fourth-order valence-corrected chi connectivity index (χ4v) is 2.74. The van der Waals surface area contributed by atoms with E-state index < -0.39 is 0 Å². The molecule has 114 valence electrons. The number of aromatic amines is 1. The van der Waals surface area contributed by atoms with Gasteiger partial charge in [0.25, 0.3) is 0 Å². The van der Waals surface area contributed by atoms with Crippen molar-refractivity contribution in [3.05, 3.63) is 48.7 Å². The van der Waals surface area contributed by atoms with Crippen LogP contribution in [0.5, 0.6) is 0 Å². The number of anilines is 1. The zero-order chi connectivity index (χ0) is 15.5.